The van der Waals surface area contributed by atoms with E-state index in [1.807, 2.05) is 74.0 Å². The maximum Gasteiger partial charge on any atom is 0.252 e. The van der Waals surface area contributed by atoms with Crippen molar-refractivity contribution in [3.8, 4) is 24.3 Å². The summed E-state index contributed by atoms with van der Waals surface area (Å²) >= 11 is 2.60. The van der Waals surface area contributed by atoms with Gasteiger partial charge in [0.15, 0.2) is 48.8 Å². The molecule has 17 nitrogen and oxygen atoms in total. The number of nitrogens with zero attached hydrogens (tertiary/aromatic N) is 16. The van der Waals surface area contributed by atoms with Crippen LogP contribution in [0.5, 0.6) is 0 Å². The molecule has 0 bridgehead atoms. The summed E-state index contributed by atoms with van der Waals surface area (Å²) in [5.74, 6) is -0.0410. The van der Waals surface area contributed by atoms with Gasteiger partial charge in [-0.2, -0.15) is 31.0 Å². The number of anilines is 2. The molecule has 0 spiro atoms. The summed E-state index contributed by atoms with van der Waals surface area (Å²) in [6.45, 7) is 14.4. The van der Waals surface area contributed by atoms with E-state index in [0.29, 0.717) is 49.8 Å². The van der Waals surface area contributed by atoms with Crippen molar-refractivity contribution in [3.05, 3.63) is 81.7 Å². The predicted molar refractivity (Wildman–Crippen MR) is 207 cm³/mol. The lowest BCUT2D eigenvalue weighted by Gasteiger charge is -2.18. The van der Waals surface area contributed by atoms with Gasteiger partial charge in [-0.3, -0.25) is 13.9 Å². The van der Waals surface area contributed by atoms with E-state index in [-0.39, 0.29) is 60.1 Å². The number of aromatic nitrogens is 6. The molecule has 0 atom stereocenters. The van der Waals surface area contributed by atoms with Crippen LogP contribution in [-0.2, 0) is 17.9 Å². The molecule has 4 heterocycles. The number of azo groups is 2. The first-order valence-electron chi connectivity index (χ1n) is 16.8. The van der Waals surface area contributed by atoms with Gasteiger partial charge in [0.1, 0.15) is 24.3 Å². The van der Waals surface area contributed by atoms with E-state index in [1.54, 1.807) is 13.8 Å². The van der Waals surface area contributed by atoms with Crippen LogP contribution in [-0.4, -0.2) is 61.5 Å². The van der Waals surface area contributed by atoms with Gasteiger partial charge in [-0.05, 0) is 51.3 Å². The Labute approximate surface area is 325 Å². The largest absolute Gasteiger partial charge is 0.351 e. The van der Waals surface area contributed by atoms with E-state index >= 15 is 0 Å². The number of rotatable bonds is 15. The number of carbonyl (C=O) groups is 1. The molecule has 0 N–H and O–H groups in total. The lowest BCUT2D eigenvalue weighted by molar-refractivity contribution is -0.114. The SMILES string of the molecule is C=C(C)C(=O)CN(CC)c1nc(C)c(N=Nc2nc(C#N)c(C#N)n2Cc2ccccc2Cn2c(N=Nc3sc(N(C)CC)nc3C)nc(C#N)c2C#N)s1. The topological polar surface area (TPSA) is 230 Å². The summed E-state index contributed by atoms with van der Waals surface area (Å²) in [4.78, 5) is 33.9. The highest BCUT2D eigenvalue weighted by molar-refractivity contribution is 7.19. The molecule has 0 saturated heterocycles. The molecule has 0 fully saturated rings. The first-order valence-corrected chi connectivity index (χ1v) is 18.4. The zero-order valence-corrected chi connectivity index (χ0v) is 32.6. The van der Waals surface area contributed by atoms with Crippen molar-refractivity contribution in [2.75, 3.05) is 36.5 Å². The van der Waals surface area contributed by atoms with E-state index < -0.39 is 0 Å². The molecule has 0 radical (unpaired) electrons. The molecule has 5 rings (SSSR count). The first-order chi connectivity index (χ1) is 26.5. The molecule has 0 aliphatic rings. The average molecular weight is 771 g/mol. The van der Waals surface area contributed by atoms with Gasteiger partial charge in [-0.25, -0.2) is 9.97 Å². The van der Waals surface area contributed by atoms with Crippen molar-refractivity contribution in [3.63, 3.8) is 0 Å². The number of hydrogen-bond donors (Lipinski definition) is 0. The summed E-state index contributed by atoms with van der Waals surface area (Å²) in [7, 11) is 1.92. The van der Waals surface area contributed by atoms with Crippen molar-refractivity contribution in [1.29, 1.82) is 21.0 Å². The van der Waals surface area contributed by atoms with Crippen LogP contribution >= 0.6 is 22.7 Å². The number of aryl methyl sites for hydroxylation is 2. The van der Waals surface area contributed by atoms with Crippen molar-refractivity contribution >= 4 is 60.6 Å². The Morgan fingerprint density at radius 2 is 1.24 bits per heavy atom. The zero-order chi connectivity index (χ0) is 39.8. The molecule has 1 aromatic carbocycles. The fourth-order valence-electron chi connectivity index (χ4n) is 5.10. The van der Waals surface area contributed by atoms with Crippen LogP contribution in [0, 0.1) is 59.2 Å². The Balaban J connectivity index is 1.50. The van der Waals surface area contributed by atoms with Gasteiger partial charge in [0.2, 0.25) is 0 Å². The van der Waals surface area contributed by atoms with Crippen molar-refractivity contribution in [1.82, 2.24) is 29.1 Å². The number of Topliss-reactive ketones (excluding diaryl/α,β-unsaturated/α-hetero) is 1. The maximum atomic E-state index is 12.4. The van der Waals surface area contributed by atoms with E-state index in [1.165, 1.54) is 31.8 Å². The predicted octanol–water partition coefficient (Wildman–Crippen LogP) is 7.45. The van der Waals surface area contributed by atoms with Gasteiger partial charge in [0.25, 0.3) is 11.9 Å². The van der Waals surface area contributed by atoms with Crippen molar-refractivity contribution in [2.24, 2.45) is 20.5 Å². The van der Waals surface area contributed by atoms with Crippen LogP contribution in [0.15, 0.2) is 56.9 Å². The highest BCUT2D eigenvalue weighted by Gasteiger charge is 2.22. The molecular weight excluding hydrogens is 737 g/mol. The minimum atomic E-state index is -0.125. The molecular formula is C36H34N16OS2. The number of imidazole rings is 2. The zero-order valence-electron chi connectivity index (χ0n) is 30.9. The fourth-order valence-corrected chi connectivity index (χ4v) is 6.96. The monoisotopic (exact) mass is 770 g/mol. The summed E-state index contributed by atoms with van der Waals surface area (Å²) in [6, 6.07) is 15.4. The molecule has 19 heteroatoms. The van der Waals surface area contributed by atoms with Gasteiger partial charge in [0.05, 0.1) is 31.0 Å². The molecule has 0 aliphatic carbocycles. The van der Waals surface area contributed by atoms with Crippen LogP contribution < -0.4 is 9.80 Å². The second kappa shape index (κ2) is 17.3. The molecule has 0 saturated carbocycles. The standard InChI is InChI=1S/C36H34N16OS2/c1-8-49(7)35-41-22(5)31(54-35)45-47-33-43-26(14-37)28(16-39)51(33)18-24-12-10-11-13-25(24)19-52-29(17-40)27(15-38)44-34(52)48-46-32-23(6)42-36(55-32)50(9-2)20-30(53)21(3)4/h10-13H,3,8-9,18-20H2,1-2,4-7H3. The Bertz CT molecular complexity index is 2510. The Hall–Kier alpha value is -6.93. The molecule has 4 aromatic heterocycles. The lowest BCUT2D eigenvalue weighted by atomic mass is 10.1. The number of benzene rings is 1. The number of thiazole rings is 2. The molecule has 5 aromatic rings. The van der Waals surface area contributed by atoms with Gasteiger partial charge < -0.3 is 9.80 Å². The molecule has 0 amide bonds. The first kappa shape index (κ1) is 39.3. The van der Waals surface area contributed by atoms with Gasteiger partial charge >= 0.3 is 0 Å². The number of nitriles is 4. The second-order valence-electron chi connectivity index (χ2n) is 12.0. The fraction of sp³-hybridized carbons (Fsp3) is 0.306. The quantitative estimate of drug-likeness (QED) is 0.0749. The Morgan fingerprint density at radius 3 is 1.65 bits per heavy atom. The summed E-state index contributed by atoms with van der Waals surface area (Å²) in [6.07, 6.45) is 0. The highest BCUT2D eigenvalue weighted by atomic mass is 32.1. The number of likely N-dealkylation sites (N-methyl/N-ethyl adjacent to an activating group) is 1. The summed E-state index contributed by atoms with van der Waals surface area (Å²) in [5.41, 5.74) is 2.86. The van der Waals surface area contributed by atoms with E-state index in [2.05, 4.69) is 59.1 Å². The third-order valence-corrected chi connectivity index (χ3v) is 10.6. The minimum absolute atomic E-state index is 0.00483. The van der Waals surface area contributed by atoms with Crippen molar-refractivity contribution in [2.45, 2.75) is 47.7 Å². The third kappa shape index (κ3) is 8.50. The summed E-state index contributed by atoms with van der Waals surface area (Å²) < 4.78 is 2.99. The highest BCUT2D eigenvalue weighted by Crippen LogP contribution is 2.36. The molecule has 0 aliphatic heterocycles. The normalized spacial score (nSPS) is 11.0. The van der Waals surface area contributed by atoms with Crippen LogP contribution in [0.2, 0.25) is 0 Å². The van der Waals surface area contributed by atoms with Crippen LogP contribution in [0.4, 0.5) is 32.2 Å². The van der Waals surface area contributed by atoms with Crippen molar-refractivity contribution < 1.29 is 4.79 Å². The van der Waals surface area contributed by atoms with Crippen LogP contribution in [0.25, 0.3) is 0 Å². The van der Waals surface area contributed by atoms with Gasteiger partial charge in [-0.1, -0.05) is 53.5 Å². The van der Waals surface area contributed by atoms with Gasteiger partial charge in [-0.15, -0.1) is 20.5 Å². The van der Waals surface area contributed by atoms with Crippen LogP contribution in [0.1, 0.15) is 66.1 Å². The number of ketones is 1. The molecule has 55 heavy (non-hydrogen) atoms. The smallest absolute Gasteiger partial charge is 0.252 e. The van der Waals surface area contributed by atoms with Gasteiger partial charge in [0, 0.05) is 20.1 Å². The number of hydrogen-bond acceptors (Lipinski definition) is 17. The molecule has 0 unspecified atom stereocenters. The maximum absolute atomic E-state index is 12.4. The van der Waals surface area contributed by atoms with E-state index in [4.69, 9.17) is 0 Å². The summed E-state index contributed by atoms with van der Waals surface area (Å²) in [5, 5.41) is 59.8. The Morgan fingerprint density at radius 1 is 0.764 bits per heavy atom. The third-order valence-electron chi connectivity index (χ3n) is 8.34. The van der Waals surface area contributed by atoms with E-state index in [0.717, 1.165) is 11.7 Å². The second-order valence-corrected chi connectivity index (χ2v) is 13.9. The molecule has 276 valence electrons. The minimum Gasteiger partial charge on any atom is -0.351 e. The number of carbonyl (C=O) groups excluding carboxylic acids is 1. The Kier molecular flexibility index (Phi) is 12.3. The lowest BCUT2D eigenvalue weighted by Crippen LogP contribution is -2.29. The van der Waals surface area contributed by atoms with E-state index in [9.17, 15) is 25.8 Å². The van der Waals surface area contributed by atoms with Crippen LogP contribution in [0.3, 0.4) is 0 Å². The average Bonchev–Trinajstić information content (AvgIpc) is 3.94.